The minimum absolute atomic E-state index is 0.0153. The van der Waals surface area contributed by atoms with Gasteiger partial charge in [-0.2, -0.15) is 4.31 Å². The molecule has 0 unspecified atom stereocenters. The largest absolute Gasteiger partial charge is 0.348 e. The molecule has 1 aliphatic rings. The van der Waals surface area contributed by atoms with Gasteiger partial charge in [0.05, 0.1) is 17.5 Å². The van der Waals surface area contributed by atoms with Crippen LogP contribution in [0.3, 0.4) is 0 Å². The molecule has 1 heterocycles. The van der Waals surface area contributed by atoms with Gasteiger partial charge < -0.3 is 5.32 Å². The number of amides is 1. The first kappa shape index (κ1) is 23.4. The number of nitrogens with one attached hydrogen (secondary N) is 1. The van der Waals surface area contributed by atoms with Crippen molar-refractivity contribution in [3.63, 3.8) is 0 Å². The van der Waals surface area contributed by atoms with Gasteiger partial charge >= 0.3 is 0 Å². The molecule has 1 atom stereocenters. The molecule has 2 aromatic rings. The van der Waals surface area contributed by atoms with E-state index in [0.717, 1.165) is 17.5 Å². The van der Waals surface area contributed by atoms with Crippen LogP contribution in [0.15, 0.2) is 53.4 Å². The number of rotatable bonds is 7. The first-order valence-corrected chi connectivity index (χ1v) is 12.4. The Balaban J connectivity index is 1.57. The molecule has 0 spiro atoms. The molecule has 1 aliphatic heterocycles. The van der Waals surface area contributed by atoms with Crippen molar-refractivity contribution in [2.24, 2.45) is 0 Å². The van der Waals surface area contributed by atoms with E-state index in [1.54, 1.807) is 12.1 Å². The van der Waals surface area contributed by atoms with Crippen molar-refractivity contribution >= 4 is 15.9 Å². The van der Waals surface area contributed by atoms with Gasteiger partial charge in [0.2, 0.25) is 15.9 Å². The zero-order chi connectivity index (χ0) is 22.4. The summed E-state index contributed by atoms with van der Waals surface area (Å²) >= 11 is 0. The van der Waals surface area contributed by atoms with Crippen molar-refractivity contribution in [3.05, 3.63) is 65.2 Å². The summed E-state index contributed by atoms with van der Waals surface area (Å²) in [5.74, 6) is -0.0257. The van der Waals surface area contributed by atoms with Gasteiger partial charge in [0.1, 0.15) is 0 Å². The third kappa shape index (κ3) is 6.15. The number of hydrogen-bond acceptors (Lipinski definition) is 4. The van der Waals surface area contributed by atoms with E-state index in [1.165, 1.54) is 9.87 Å². The summed E-state index contributed by atoms with van der Waals surface area (Å²) < 4.78 is 27.5. The fourth-order valence-corrected chi connectivity index (χ4v) is 5.34. The second kappa shape index (κ2) is 10.4. The van der Waals surface area contributed by atoms with Crippen LogP contribution in [-0.4, -0.2) is 56.3 Å². The van der Waals surface area contributed by atoms with Crippen molar-refractivity contribution in [1.82, 2.24) is 14.5 Å². The van der Waals surface area contributed by atoms with E-state index in [0.29, 0.717) is 37.5 Å². The lowest BCUT2D eigenvalue weighted by Gasteiger charge is -2.23. The second-order valence-electron chi connectivity index (χ2n) is 8.29. The van der Waals surface area contributed by atoms with Crippen LogP contribution < -0.4 is 5.32 Å². The highest BCUT2D eigenvalue weighted by atomic mass is 32.2. The third-order valence-corrected chi connectivity index (χ3v) is 7.71. The number of sulfonamides is 1. The van der Waals surface area contributed by atoms with Gasteiger partial charge in [-0.15, -0.1) is 0 Å². The highest BCUT2D eigenvalue weighted by Crippen LogP contribution is 2.19. The Morgan fingerprint density at radius 1 is 0.935 bits per heavy atom. The molecule has 0 saturated carbocycles. The molecule has 1 N–H and O–H groups in total. The van der Waals surface area contributed by atoms with Crippen LogP contribution >= 0.6 is 0 Å². The quantitative estimate of drug-likeness (QED) is 0.713. The standard InChI is InChI=1S/C24H33N3O3S/c1-4-23(21-10-6-19(2)7-11-21)25-24(28)18-26-14-5-15-27(17-16-26)31(29,30)22-12-8-20(3)9-13-22/h6-13,23H,4-5,14-18H2,1-3H3,(H,25,28)/t23-/m0/s1. The van der Waals surface area contributed by atoms with Gasteiger partial charge in [-0.3, -0.25) is 9.69 Å². The number of benzene rings is 2. The van der Waals surface area contributed by atoms with Crippen molar-refractivity contribution in [2.45, 2.75) is 44.6 Å². The van der Waals surface area contributed by atoms with Crippen LogP contribution in [0, 0.1) is 13.8 Å². The number of nitrogens with zero attached hydrogens (tertiary/aromatic N) is 2. The number of carbonyl (C=O) groups excluding carboxylic acids is 1. The fraction of sp³-hybridized carbons (Fsp3) is 0.458. The molecule has 168 valence electrons. The van der Waals surface area contributed by atoms with Crippen LogP contribution in [0.4, 0.5) is 0 Å². The van der Waals surface area contributed by atoms with E-state index < -0.39 is 10.0 Å². The number of hydrogen-bond donors (Lipinski definition) is 1. The Morgan fingerprint density at radius 2 is 1.55 bits per heavy atom. The van der Waals surface area contributed by atoms with Gasteiger partial charge in [-0.25, -0.2) is 8.42 Å². The lowest BCUT2D eigenvalue weighted by Crippen LogP contribution is -2.41. The maximum absolute atomic E-state index is 13.0. The topological polar surface area (TPSA) is 69.7 Å². The smallest absolute Gasteiger partial charge is 0.243 e. The first-order valence-electron chi connectivity index (χ1n) is 10.9. The van der Waals surface area contributed by atoms with Gasteiger partial charge in [0, 0.05) is 19.6 Å². The molecule has 0 radical (unpaired) electrons. The SMILES string of the molecule is CC[C@H](NC(=O)CN1CCCN(S(=O)(=O)c2ccc(C)cc2)CC1)c1ccc(C)cc1. The van der Waals surface area contributed by atoms with Gasteiger partial charge in [-0.1, -0.05) is 54.4 Å². The van der Waals surface area contributed by atoms with E-state index in [4.69, 9.17) is 0 Å². The van der Waals surface area contributed by atoms with Crippen molar-refractivity contribution in [3.8, 4) is 0 Å². The van der Waals surface area contributed by atoms with Crippen molar-refractivity contribution in [1.29, 1.82) is 0 Å². The Bertz CT molecular complexity index is 972. The molecule has 1 amide bonds. The molecular formula is C24H33N3O3S. The molecule has 7 heteroatoms. The first-order chi connectivity index (χ1) is 14.8. The normalized spacial score (nSPS) is 17.1. The zero-order valence-corrected chi connectivity index (χ0v) is 19.5. The lowest BCUT2D eigenvalue weighted by atomic mass is 10.0. The molecule has 6 nitrogen and oxygen atoms in total. The highest BCUT2D eigenvalue weighted by molar-refractivity contribution is 7.89. The minimum Gasteiger partial charge on any atom is -0.348 e. The molecule has 31 heavy (non-hydrogen) atoms. The Morgan fingerprint density at radius 3 is 2.16 bits per heavy atom. The maximum Gasteiger partial charge on any atom is 0.243 e. The van der Waals surface area contributed by atoms with Crippen LogP contribution in [0.25, 0.3) is 0 Å². The molecule has 1 fully saturated rings. The minimum atomic E-state index is -3.51. The van der Waals surface area contributed by atoms with Gasteiger partial charge in [-0.05, 0) is 50.9 Å². The fourth-order valence-electron chi connectivity index (χ4n) is 3.87. The summed E-state index contributed by atoms with van der Waals surface area (Å²) in [6.07, 6.45) is 1.52. The molecule has 2 aromatic carbocycles. The number of carbonyl (C=O) groups is 1. The summed E-state index contributed by atoms with van der Waals surface area (Å²) in [6, 6.07) is 15.2. The van der Waals surface area contributed by atoms with Crippen molar-refractivity contribution in [2.75, 3.05) is 32.7 Å². The summed E-state index contributed by atoms with van der Waals surface area (Å²) in [5, 5.41) is 3.13. The Labute approximate surface area is 186 Å². The Kier molecular flexibility index (Phi) is 7.86. The number of aryl methyl sites for hydroxylation is 2. The lowest BCUT2D eigenvalue weighted by molar-refractivity contribution is -0.123. The van der Waals surface area contributed by atoms with E-state index in [-0.39, 0.29) is 18.5 Å². The van der Waals surface area contributed by atoms with Crippen LogP contribution in [0.2, 0.25) is 0 Å². The van der Waals surface area contributed by atoms with Gasteiger partial charge in [0.15, 0.2) is 0 Å². The molecule has 1 saturated heterocycles. The van der Waals surface area contributed by atoms with Crippen LogP contribution in [-0.2, 0) is 14.8 Å². The Hall–Kier alpha value is -2.22. The monoisotopic (exact) mass is 443 g/mol. The predicted molar refractivity (Wildman–Crippen MR) is 123 cm³/mol. The molecule has 0 bridgehead atoms. The average Bonchev–Trinajstić information content (AvgIpc) is 2.99. The third-order valence-electron chi connectivity index (χ3n) is 5.80. The highest BCUT2D eigenvalue weighted by Gasteiger charge is 2.27. The summed E-state index contributed by atoms with van der Waals surface area (Å²) in [4.78, 5) is 15.1. The molecular weight excluding hydrogens is 410 g/mol. The molecule has 0 aromatic heterocycles. The molecule has 0 aliphatic carbocycles. The van der Waals surface area contributed by atoms with E-state index in [2.05, 4.69) is 36.5 Å². The molecule has 3 rings (SSSR count). The average molecular weight is 444 g/mol. The summed E-state index contributed by atoms with van der Waals surface area (Å²) in [6.45, 7) is 8.42. The second-order valence-corrected chi connectivity index (χ2v) is 10.2. The van der Waals surface area contributed by atoms with E-state index in [1.807, 2.05) is 30.9 Å². The van der Waals surface area contributed by atoms with Crippen LogP contribution in [0.1, 0.15) is 42.5 Å². The van der Waals surface area contributed by atoms with E-state index in [9.17, 15) is 13.2 Å². The zero-order valence-electron chi connectivity index (χ0n) is 18.7. The van der Waals surface area contributed by atoms with Gasteiger partial charge in [0.25, 0.3) is 0 Å². The maximum atomic E-state index is 13.0. The predicted octanol–water partition coefficient (Wildman–Crippen LogP) is 3.27. The van der Waals surface area contributed by atoms with E-state index >= 15 is 0 Å². The summed E-state index contributed by atoms with van der Waals surface area (Å²) in [5.41, 5.74) is 3.33. The summed E-state index contributed by atoms with van der Waals surface area (Å²) in [7, 11) is -3.51. The van der Waals surface area contributed by atoms with Crippen LogP contribution in [0.5, 0.6) is 0 Å². The van der Waals surface area contributed by atoms with Crippen molar-refractivity contribution < 1.29 is 13.2 Å².